The first-order valence-electron chi connectivity index (χ1n) is 10.1. The minimum absolute atomic E-state index is 0.191. The highest BCUT2D eigenvalue weighted by Crippen LogP contribution is 2.37. The number of likely N-dealkylation sites (tertiary alicyclic amines) is 1. The lowest BCUT2D eigenvalue weighted by molar-refractivity contribution is -0.135. The number of amides is 1. The van der Waals surface area contributed by atoms with Crippen LogP contribution >= 0.6 is 0 Å². The number of rotatable bonds is 2. The predicted molar refractivity (Wildman–Crippen MR) is 100.0 cm³/mol. The molecule has 3 fully saturated rings. The maximum atomic E-state index is 13.0. The van der Waals surface area contributed by atoms with Crippen molar-refractivity contribution >= 4 is 17.2 Å². The van der Waals surface area contributed by atoms with E-state index < -0.39 is 0 Å². The second-order valence-electron chi connectivity index (χ2n) is 8.22. The van der Waals surface area contributed by atoms with E-state index >= 15 is 0 Å². The van der Waals surface area contributed by atoms with E-state index in [2.05, 4.69) is 19.9 Å². The zero-order chi connectivity index (χ0) is 17.5. The van der Waals surface area contributed by atoms with Crippen molar-refractivity contribution in [3.63, 3.8) is 0 Å². The highest BCUT2D eigenvalue weighted by molar-refractivity contribution is 5.80. The Labute approximate surface area is 154 Å². The second-order valence-corrected chi connectivity index (χ2v) is 8.22. The van der Waals surface area contributed by atoms with Crippen LogP contribution in [0.5, 0.6) is 0 Å². The quantitative estimate of drug-likeness (QED) is 0.833. The van der Waals surface area contributed by atoms with Crippen molar-refractivity contribution in [1.29, 1.82) is 0 Å². The standard InChI is InChI=1S/C20H27N5O/c26-20(24-13-16-3-1-2-4-17(16)14-24)15-6-10-23(11-7-15)19-18-5-8-22-25(18)12-9-21-19/h5,8-9,12,15-17H,1-4,6-7,10-11,13-14H2. The van der Waals surface area contributed by atoms with E-state index in [1.807, 2.05) is 23.0 Å². The molecule has 6 heteroatoms. The number of piperidine rings is 1. The van der Waals surface area contributed by atoms with Gasteiger partial charge in [-0.25, -0.2) is 9.50 Å². The van der Waals surface area contributed by atoms with Crippen LogP contribution in [0.3, 0.4) is 0 Å². The molecule has 138 valence electrons. The molecule has 0 N–H and O–H groups in total. The van der Waals surface area contributed by atoms with E-state index in [4.69, 9.17) is 0 Å². The summed E-state index contributed by atoms with van der Waals surface area (Å²) in [7, 11) is 0. The predicted octanol–water partition coefficient (Wildman–Crippen LogP) is 2.59. The lowest BCUT2D eigenvalue weighted by atomic mass is 9.82. The van der Waals surface area contributed by atoms with Crippen LogP contribution in [0.2, 0.25) is 0 Å². The monoisotopic (exact) mass is 353 g/mol. The molecular formula is C20H27N5O. The summed E-state index contributed by atoms with van der Waals surface area (Å²) in [6, 6.07) is 2.01. The largest absolute Gasteiger partial charge is 0.355 e. The third-order valence-corrected chi connectivity index (χ3v) is 6.74. The first-order chi connectivity index (χ1) is 12.8. The molecule has 2 aromatic heterocycles. The van der Waals surface area contributed by atoms with Crippen molar-refractivity contribution in [3.05, 3.63) is 24.7 Å². The van der Waals surface area contributed by atoms with Crippen molar-refractivity contribution in [3.8, 4) is 0 Å². The maximum absolute atomic E-state index is 13.0. The fraction of sp³-hybridized carbons (Fsp3) is 0.650. The van der Waals surface area contributed by atoms with Crippen LogP contribution in [0.4, 0.5) is 5.82 Å². The smallest absolute Gasteiger partial charge is 0.225 e. The molecule has 1 amide bonds. The fourth-order valence-electron chi connectivity index (χ4n) is 5.27. The summed E-state index contributed by atoms with van der Waals surface area (Å²) in [6.07, 6.45) is 12.7. The van der Waals surface area contributed by atoms with Gasteiger partial charge in [-0.1, -0.05) is 12.8 Å². The number of hydrogen-bond acceptors (Lipinski definition) is 4. The summed E-state index contributed by atoms with van der Waals surface area (Å²) in [5.74, 6) is 3.14. The molecule has 3 aliphatic rings. The molecule has 2 saturated heterocycles. The van der Waals surface area contributed by atoms with Crippen LogP contribution < -0.4 is 4.90 Å². The highest BCUT2D eigenvalue weighted by Gasteiger charge is 2.39. The molecule has 4 heterocycles. The third kappa shape index (κ3) is 2.75. The van der Waals surface area contributed by atoms with Crippen LogP contribution in [0.25, 0.3) is 5.52 Å². The van der Waals surface area contributed by atoms with Gasteiger partial charge in [0, 0.05) is 44.5 Å². The van der Waals surface area contributed by atoms with Crippen molar-refractivity contribution in [1.82, 2.24) is 19.5 Å². The van der Waals surface area contributed by atoms with Gasteiger partial charge in [-0.05, 0) is 43.6 Å². The molecule has 0 aromatic carbocycles. The number of carbonyl (C=O) groups is 1. The van der Waals surface area contributed by atoms with Gasteiger partial charge in [0.25, 0.3) is 0 Å². The molecule has 0 spiro atoms. The molecule has 2 atom stereocenters. The van der Waals surface area contributed by atoms with Gasteiger partial charge in [0.15, 0.2) is 5.82 Å². The lowest BCUT2D eigenvalue weighted by Gasteiger charge is -2.34. The van der Waals surface area contributed by atoms with Gasteiger partial charge in [-0.2, -0.15) is 5.10 Å². The summed E-state index contributed by atoms with van der Waals surface area (Å²) < 4.78 is 1.87. The molecule has 2 aliphatic heterocycles. The number of fused-ring (bicyclic) bond motifs is 2. The SMILES string of the molecule is O=C(C1CCN(c2nccn3nccc23)CC1)N1CC2CCCCC2C1. The Balaban J connectivity index is 1.23. The minimum Gasteiger partial charge on any atom is -0.355 e. The maximum Gasteiger partial charge on any atom is 0.225 e. The molecule has 0 bridgehead atoms. The molecule has 1 aliphatic carbocycles. The topological polar surface area (TPSA) is 53.7 Å². The van der Waals surface area contributed by atoms with Gasteiger partial charge in [0.2, 0.25) is 5.91 Å². The molecule has 5 rings (SSSR count). The van der Waals surface area contributed by atoms with Crippen LogP contribution in [0.15, 0.2) is 24.7 Å². The first kappa shape index (κ1) is 16.1. The summed E-state index contributed by atoms with van der Waals surface area (Å²) in [5.41, 5.74) is 1.04. The zero-order valence-electron chi connectivity index (χ0n) is 15.3. The average molecular weight is 353 g/mol. The molecule has 0 radical (unpaired) electrons. The Hall–Kier alpha value is -2.11. The third-order valence-electron chi connectivity index (χ3n) is 6.74. The van der Waals surface area contributed by atoms with Gasteiger partial charge in [-0.3, -0.25) is 4.79 Å². The van der Waals surface area contributed by atoms with E-state index in [0.29, 0.717) is 5.91 Å². The van der Waals surface area contributed by atoms with Gasteiger partial charge in [0.1, 0.15) is 5.52 Å². The zero-order valence-corrected chi connectivity index (χ0v) is 15.3. The number of aromatic nitrogens is 3. The second kappa shape index (κ2) is 6.56. The first-order valence-corrected chi connectivity index (χ1v) is 10.1. The van der Waals surface area contributed by atoms with Crippen LogP contribution in [0, 0.1) is 17.8 Å². The lowest BCUT2D eigenvalue weighted by Crippen LogP contribution is -2.42. The molecule has 26 heavy (non-hydrogen) atoms. The highest BCUT2D eigenvalue weighted by atomic mass is 16.2. The summed E-state index contributed by atoms with van der Waals surface area (Å²) in [6.45, 7) is 3.82. The Morgan fingerprint density at radius 2 is 1.73 bits per heavy atom. The normalized spacial score (nSPS) is 27.1. The Morgan fingerprint density at radius 1 is 1.00 bits per heavy atom. The van der Waals surface area contributed by atoms with Gasteiger partial charge >= 0.3 is 0 Å². The Bertz CT molecular complexity index is 780. The van der Waals surface area contributed by atoms with Gasteiger partial charge < -0.3 is 9.80 Å². The fourth-order valence-corrected chi connectivity index (χ4v) is 5.27. The molecular weight excluding hydrogens is 326 g/mol. The molecule has 2 aromatic rings. The number of nitrogens with zero attached hydrogens (tertiary/aromatic N) is 5. The molecule has 1 saturated carbocycles. The van der Waals surface area contributed by atoms with E-state index in [1.54, 1.807) is 6.20 Å². The van der Waals surface area contributed by atoms with Crippen molar-refractivity contribution in [2.24, 2.45) is 17.8 Å². The van der Waals surface area contributed by atoms with Crippen molar-refractivity contribution in [2.45, 2.75) is 38.5 Å². The Kier molecular flexibility index (Phi) is 4.06. The number of hydrogen-bond donors (Lipinski definition) is 0. The summed E-state index contributed by atoms with van der Waals surface area (Å²) >= 11 is 0. The Morgan fingerprint density at radius 3 is 2.46 bits per heavy atom. The van der Waals surface area contributed by atoms with E-state index in [9.17, 15) is 4.79 Å². The minimum atomic E-state index is 0.191. The summed E-state index contributed by atoms with van der Waals surface area (Å²) in [4.78, 5) is 22.1. The van der Waals surface area contributed by atoms with Crippen LogP contribution in [0.1, 0.15) is 38.5 Å². The van der Waals surface area contributed by atoms with Crippen molar-refractivity contribution < 1.29 is 4.79 Å². The van der Waals surface area contributed by atoms with Gasteiger partial charge in [-0.15, -0.1) is 0 Å². The number of anilines is 1. The van der Waals surface area contributed by atoms with E-state index in [0.717, 1.165) is 62.2 Å². The van der Waals surface area contributed by atoms with Gasteiger partial charge in [0.05, 0.1) is 6.20 Å². The van der Waals surface area contributed by atoms with E-state index in [1.165, 1.54) is 25.7 Å². The van der Waals surface area contributed by atoms with Crippen LogP contribution in [-0.2, 0) is 4.79 Å². The van der Waals surface area contributed by atoms with Crippen molar-refractivity contribution in [2.75, 3.05) is 31.1 Å². The average Bonchev–Trinajstić information content (AvgIpc) is 3.34. The molecule has 2 unspecified atom stereocenters. The molecule has 6 nitrogen and oxygen atoms in total. The number of carbonyl (C=O) groups excluding carboxylic acids is 1. The summed E-state index contributed by atoms with van der Waals surface area (Å²) in [5, 5.41) is 4.29. The van der Waals surface area contributed by atoms with E-state index in [-0.39, 0.29) is 5.92 Å². The van der Waals surface area contributed by atoms with Crippen LogP contribution in [-0.4, -0.2) is 51.6 Å².